The summed E-state index contributed by atoms with van der Waals surface area (Å²) in [5, 5.41) is 7.19. The number of imidazole rings is 1. The van der Waals surface area contributed by atoms with Gasteiger partial charge in [-0.2, -0.15) is 8.78 Å². The lowest BCUT2D eigenvalue weighted by Crippen LogP contribution is -2.43. The van der Waals surface area contributed by atoms with Gasteiger partial charge in [0.2, 0.25) is 0 Å². The second kappa shape index (κ2) is 13.8. The first-order valence-corrected chi connectivity index (χ1v) is 10.2. The number of aromatic nitrogens is 2. The molecule has 1 heterocycles. The molecule has 0 spiro atoms. The van der Waals surface area contributed by atoms with E-state index in [1.54, 1.807) is 0 Å². The Bertz CT molecular complexity index is 782. The zero-order chi connectivity index (χ0) is 21.2. The smallest absolute Gasteiger partial charge is 0.319 e. The normalized spacial score (nSPS) is 12.7. The number of aliphatic imine (C=N–C) groups is 1. The Morgan fingerprint density at radius 3 is 2.50 bits per heavy atom. The fourth-order valence-corrected chi connectivity index (χ4v) is 3.44. The van der Waals surface area contributed by atoms with E-state index in [1.165, 1.54) is 12.4 Å². The van der Waals surface area contributed by atoms with Crippen molar-refractivity contribution in [3.63, 3.8) is 0 Å². The van der Waals surface area contributed by atoms with E-state index >= 15 is 0 Å². The molecule has 30 heavy (non-hydrogen) atoms. The van der Waals surface area contributed by atoms with Gasteiger partial charge >= 0.3 is 6.55 Å². The van der Waals surface area contributed by atoms with Crippen LogP contribution in [0.1, 0.15) is 44.8 Å². The van der Waals surface area contributed by atoms with E-state index in [9.17, 15) is 8.78 Å². The van der Waals surface area contributed by atoms with E-state index in [-0.39, 0.29) is 42.4 Å². The number of nitrogens with zero attached hydrogens (tertiary/aromatic N) is 4. The summed E-state index contributed by atoms with van der Waals surface area (Å²) in [7, 11) is 0. The summed E-state index contributed by atoms with van der Waals surface area (Å²) < 4.78 is 26.8. The molecular weight excluding hydrogens is 525 g/mol. The van der Waals surface area contributed by atoms with Gasteiger partial charge in [0, 0.05) is 30.5 Å². The van der Waals surface area contributed by atoms with Crippen LogP contribution in [0.2, 0.25) is 5.02 Å². The monoisotopic (exact) mass is 554 g/mol. The number of halogens is 4. The molecule has 0 aliphatic heterocycles. The highest BCUT2D eigenvalue weighted by Crippen LogP contribution is 2.27. The Morgan fingerprint density at radius 1 is 1.20 bits per heavy atom. The molecule has 2 aromatic rings. The first kappa shape index (κ1) is 26.6. The van der Waals surface area contributed by atoms with Gasteiger partial charge in [-0.05, 0) is 31.6 Å². The van der Waals surface area contributed by atoms with Crippen molar-refractivity contribution in [1.29, 1.82) is 0 Å². The zero-order valence-corrected chi connectivity index (χ0v) is 20.6. The first-order valence-electron chi connectivity index (χ1n) is 9.82. The molecule has 0 aliphatic rings. The molecule has 0 amide bonds. The SMILES string of the molecule is CCNC(=NCc1nccn1C(F)F)NCC(c1ccccc1Cl)N(CC)CC.I. The summed E-state index contributed by atoms with van der Waals surface area (Å²) in [4.78, 5) is 10.7. The van der Waals surface area contributed by atoms with Crippen LogP contribution in [0.15, 0.2) is 41.7 Å². The molecule has 1 unspecified atom stereocenters. The lowest BCUT2D eigenvalue weighted by Gasteiger charge is -2.31. The molecular formula is C20H30ClF2IN6. The van der Waals surface area contributed by atoms with E-state index < -0.39 is 6.55 Å². The van der Waals surface area contributed by atoms with Crippen molar-refractivity contribution in [3.8, 4) is 0 Å². The van der Waals surface area contributed by atoms with Crippen molar-refractivity contribution in [1.82, 2.24) is 25.1 Å². The highest BCUT2D eigenvalue weighted by atomic mass is 127. The number of likely N-dealkylation sites (N-methyl/N-ethyl adjacent to an activating group) is 1. The topological polar surface area (TPSA) is 57.5 Å². The Kier molecular flexibility index (Phi) is 12.2. The van der Waals surface area contributed by atoms with Crippen LogP contribution in [0.25, 0.3) is 0 Å². The van der Waals surface area contributed by atoms with Crippen LogP contribution in [0.3, 0.4) is 0 Å². The summed E-state index contributed by atoms with van der Waals surface area (Å²) in [6.07, 6.45) is 2.61. The number of alkyl halides is 2. The molecule has 2 N–H and O–H groups in total. The minimum absolute atomic E-state index is 0. The van der Waals surface area contributed by atoms with Crippen molar-refractivity contribution in [2.75, 3.05) is 26.2 Å². The first-order chi connectivity index (χ1) is 14.0. The third-order valence-electron chi connectivity index (χ3n) is 4.66. The maximum Gasteiger partial charge on any atom is 0.319 e. The minimum Gasteiger partial charge on any atom is -0.357 e. The lowest BCUT2D eigenvalue weighted by atomic mass is 10.0. The van der Waals surface area contributed by atoms with Crippen LogP contribution in [-0.2, 0) is 6.54 Å². The maximum atomic E-state index is 13.0. The molecule has 1 aromatic heterocycles. The largest absolute Gasteiger partial charge is 0.357 e. The van der Waals surface area contributed by atoms with Gasteiger partial charge in [-0.25, -0.2) is 9.98 Å². The van der Waals surface area contributed by atoms with E-state index in [2.05, 4.69) is 39.4 Å². The average molecular weight is 555 g/mol. The van der Waals surface area contributed by atoms with Crippen LogP contribution in [-0.4, -0.2) is 46.6 Å². The summed E-state index contributed by atoms with van der Waals surface area (Å²) in [5.74, 6) is 0.754. The predicted molar refractivity (Wildman–Crippen MR) is 129 cm³/mol. The molecule has 2 rings (SSSR count). The molecule has 1 atom stereocenters. The van der Waals surface area contributed by atoms with Gasteiger partial charge in [-0.15, -0.1) is 24.0 Å². The van der Waals surface area contributed by atoms with Gasteiger partial charge in [0.1, 0.15) is 12.4 Å². The van der Waals surface area contributed by atoms with Gasteiger partial charge in [0.05, 0.1) is 6.04 Å². The number of hydrogen-bond acceptors (Lipinski definition) is 3. The van der Waals surface area contributed by atoms with Crippen LogP contribution in [0.5, 0.6) is 0 Å². The second-order valence-electron chi connectivity index (χ2n) is 6.36. The zero-order valence-electron chi connectivity index (χ0n) is 17.5. The summed E-state index contributed by atoms with van der Waals surface area (Å²) in [6, 6.07) is 7.84. The number of nitrogens with one attached hydrogen (secondary N) is 2. The van der Waals surface area contributed by atoms with Crippen LogP contribution in [0, 0.1) is 0 Å². The van der Waals surface area contributed by atoms with Crippen LogP contribution >= 0.6 is 35.6 Å². The highest BCUT2D eigenvalue weighted by molar-refractivity contribution is 14.0. The highest BCUT2D eigenvalue weighted by Gasteiger charge is 2.20. The molecule has 1 aromatic carbocycles. The van der Waals surface area contributed by atoms with Crippen molar-refractivity contribution in [2.24, 2.45) is 4.99 Å². The quantitative estimate of drug-likeness (QED) is 0.254. The third-order valence-corrected chi connectivity index (χ3v) is 5.01. The summed E-state index contributed by atoms with van der Waals surface area (Å²) >= 11 is 6.45. The van der Waals surface area contributed by atoms with Crippen molar-refractivity contribution >= 4 is 41.5 Å². The van der Waals surface area contributed by atoms with Crippen molar-refractivity contribution in [2.45, 2.75) is 39.9 Å². The fraction of sp³-hybridized carbons (Fsp3) is 0.500. The van der Waals surface area contributed by atoms with Gasteiger partial charge in [-0.1, -0.05) is 43.6 Å². The molecule has 168 valence electrons. The van der Waals surface area contributed by atoms with E-state index in [1.807, 2.05) is 31.2 Å². The predicted octanol–water partition coefficient (Wildman–Crippen LogP) is 4.69. The molecule has 0 bridgehead atoms. The number of guanidine groups is 1. The van der Waals surface area contributed by atoms with Crippen molar-refractivity contribution in [3.05, 3.63) is 53.1 Å². The van der Waals surface area contributed by atoms with Gasteiger partial charge in [0.25, 0.3) is 0 Å². The van der Waals surface area contributed by atoms with Gasteiger partial charge in [0.15, 0.2) is 5.96 Å². The Hall–Kier alpha value is -1.46. The lowest BCUT2D eigenvalue weighted by molar-refractivity contribution is 0.0671. The Labute approximate surface area is 199 Å². The Morgan fingerprint density at radius 2 is 1.90 bits per heavy atom. The number of rotatable bonds is 10. The van der Waals surface area contributed by atoms with Crippen LogP contribution < -0.4 is 10.6 Å². The van der Waals surface area contributed by atoms with Gasteiger partial charge in [-0.3, -0.25) is 9.47 Å². The van der Waals surface area contributed by atoms with E-state index in [0.29, 0.717) is 24.1 Å². The third kappa shape index (κ3) is 7.35. The summed E-state index contributed by atoms with van der Waals surface area (Å²) in [5.41, 5.74) is 1.04. The summed E-state index contributed by atoms with van der Waals surface area (Å²) in [6.45, 7) is 6.54. The molecule has 0 aliphatic carbocycles. The fourth-order valence-electron chi connectivity index (χ4n) is 3.17. The Balaban J connectivity index is 0.00000450. The van der Waals surface area contributed by atoms with E-state index in [4.69, 9.17) is 11.6 Å². The molecule has 10 heteroatoms. The minimum atomic E-state index is -2.63. The molecule has 0 radical (unpaired) electrons. The van der Waals surface area contributed by atoms with Crippen molar-refractivity contribution < 1.29 is 8.78 Å². The number of benzene rings is 1. The average Bonchev–Trinajstić information content (AvgIpc) is 3.19. The second-order valence-corrected chi connectivity index (χ2v) is 6.77. The molecule has 0 saturated carbocycles. The molecule has 0 fully saturated rings. The number of hydrogen-bond donors (Lipinski definition) is 2. The van der Waals surface area contributed by atoms with E-state index in [0.717, 1.165) is 23.2 Å². The molecule has 0 saturated heterocycles. The van der Waals surface area contributed by atoms with Gasteiger partial charge < -0.3 is 10.6 Å². The molecule has 6 nitrogen and oxygen atoms in total. The maximum absolute atomic E-state index is 13.0. The van der Waals surface area contributed by atoms with Crippen LogP contribution in [0.4, 0.5) is 8.78 Å². The standard InChI is InChI=1S/C20H29ClF2N6.HI/c1-4-24-20(27-14-18-25-11-12-29(18)19(22)23)26-13-17(28(5-2)6-3)15-9-7-8-10-16(15)21;/h7-12,17,19H,4-6,13-14H2,1-3H3,(H2,24,26,27);1H.